The van der Waals surface area contributed by atoms with Crippen LogP contribution in [0.1, 0.15) is 25.3 Å². The van der Waals surface area contributed by atoms with Crippen molar-refractivity contribution in [1.29, 1.82) is 0 Å². The average molecular weight is 272 g/mol. The minimum atomic E-state index is -0.448. The Morgan fingerprint density at radius 3 is 2.83 bits per heavy atom. The van der Waals surface area contributed by atoms with Gasteiger partial charge in [-0.15, -0.1) is 0 Å². The number of ether oxygens (including phenoxy) is 1. The topological polar surface area (TPSA) is 69.4 Å². The molecule has 5 nitrogen and oxygen atoms in total. The smallest absolute Gasteiger partial charge is 0.305 e. The number of nitro benzene ring substituents is 1. The van der Waals surface area contributed by atoms with Crippen molar-refractivity contribution < 1.29 is 14.5 Å². The van der Waals surface area contributed by atoms with Crippen molar-refractivity contribution in [2.75, 3.05) is 6.61 Å². The van der Waals surface area contributed by atoms with E-state index in [2.05, 4.69) is 0 Å². The van der Waals surface area contributed by atoms with Gasteiger partial charge in [-0.2, -0.15) is 0 Å². The fourth-order valence-electron chi connectivity index (χ4n) is 1.59. The van der Waals surface area contributed by atoms with E-state index in [0.29, 0.717) is 30.0 Å². The number of benzene rings is 1. The number of halogens is 1. The van der Waals surface area contributed by atoms with E-state index in [0.717, 1.165) is 0 Å². The second kappa shape index (κ2) is 6.96. The Balaban J connectivity index is 2.63. The van der Waals surface area contributed by atoms with Gasteiger partial charge in [0.25, 0.3) is 5.69 Å². The van der Waals surface area contributed by atoms with Crippen LogP contribution < -0.4 is 0 Å². The van der Waals surface area contributed by atoms with Gasteiger partial charge in [-0.1, -0.05) is 11.6 Å². The number of carbonyl (C=O) groups excluding carboxylic acids is 1. The van der Waals surface area contributed by atoms with Gasteiger partial charge in [-0.25, -0.2) is 0 Å². The number of hydrogen-bond acceptors (Lipinski definition) is 4. The quantitative estimate of drug-likeness (QED) is 0.453. The number of nitro groups is 1. The lowest BCUT2D eigenvalue weighted by molar-refractivity contribution is -0.385. The summed E-state index contributed by atoms with van der Waals surface area (Å²) in [5.74, 6) is -0.290. The van der Waals surface area contributed by atoms with Crippen LogP contribution in [0, 0.1) is 10.1 Å². The van der Waals surface area contributed by atoms with E-state index in [1.807, 2.05) is 0 Å². The first kappa shape index (κ1) is 14.4. The Morgan fingerprint density at radius 2 is 2.22 bits per heavy atom. The van der Waals surface area contributed by atoms with E-state index in [4.69, 9.17) is 16.3 Å². The number of esters is 1. The summed E-state index contributed by atoms with van der Waals surface area (Å²) in [7, 11) is 0. The maximum absolute atomic E-state index is 11.1. The van der Waals surface area contributed by atoms with Gasteiger partial charge in [0.1, 0.15) is 0 Å². The Bertz CT molecular complexity index is 448. The Labute approximate surface area is 110 Å². The molecule has 0 aromatic heterocycles. The van der Waals surface area contributed by atoms with E-state index in [9.17, 15) is 14.9 Å². The summed E-state index contributed by atoms with van der Waals surface area (Å²) in [6.07, 6.45) is 1.17. The van der Waals surface area contributed by atoms with Crippen molar-refractivity contribution in [2.45, 2.75) is 26.2 Å². The maximum Gasteiger partial charge on any atom is 0.305 e. The second-order valence-corrected chi connectivity index (χ2v) is 4.13. The molecule has 0 N–H and O–H groups in total. The highest BCUT2D eigenvalue weighted by atomic mass is 35.5. The minimum Gasteiger partial charge on any atom is -0.466 e. The van der Waals surface area contributed by atoms with Gasteiger partial charge in [-0.05, 0) is 31.9 Å². The molecule has 0 heterocycles. The number of rotatable bonds is 6. The molecule has 0 fully saturated rings. The third-order valence-electron chi connectivity index (χ3n) is 2.37. The van der Waals surface area contributed by atoms with Crippen molar-refractivity contribution in [3.05, 3.63) is 38.9 Å². The molecule has 0 aliphatic rings. The van der Waals surface area contributed by atoms with Crippen LogP contribution in [-0.4, -0.2) is 17.5 Å². The molecule has 0 saturated heterocycles. The van der Waals surface area contributed by atoms with Gasteiger partial charge < -0.3 is 4.74 Å². The molecule has 0 aliphatic carbocycles. The predicted molar refractivity (Wildman–Crippen MR) is 67.7 cm³/mol. The summed E-state index contributed by atoms with van der Waals surface area (Å²) in [6.45, 7) is 2.08. The molecule has 0 atom stereocenters. The summed E-state index contributed by atoms with van der Waals surface area (Å²) in [5.41, 5.74) is 0.569. The molecule has 1 rings (SSSR count). The van der Waals surface area contributed by atoms with Crippen molar-refractivity contribution in [3.8, 4) is 0 Å². The van der Waals surface area contributed by atoms with Crippen LogP contribution in [0.2, 0.25) is 5.02 Å². The highest BCUT2D eigenvalue weighted by molar-refractivity contribution is 6.30. The summed E-state index contributed by atoms with van der Waals surface area (Å²) in [5, 5.41) is 11.3. The molecule has 0 radical (unpaired) electrons. The van der Waals surface area contributed by atoms with Crippen LogP contribution >= 0.6 is 11.6 Å². The summed E-state index contributed by atoms with van der Waals surface area (Å²) < 4.78 is 4.78. The Hall–Kier alpha value is -1.62. The molecule has 98 valence electrons. The van der Waals surface area contributed by atoms with Gasteiger partial charge in [0.15, 0.2) is 0 Å². The van der Waals surface area contributed by atoms with Crippen LogP contribution in [0.15, 0.2) is 18.2 Å². The molecule has 0 unspecified atom stereocenters. The molecular formula is C12H14ClNO4. The third kappa shape index (κ3) is 4.33. The number of aryl methyl sites for hydroxylation is 1. The van der Waals surface area contributed by atoms with Gasteiger partial charge in [0, 0.05) is 23.1 Å². The van der Waals surface area contributed by atoms with E-state index in [1.165, 1.54) is 12.1 Å². The standard InChI is InChI=1S/C12H14ClNO4/c1-2-18-12(15)5-3-4-9-8-10(13)6-7-11(9)14(16)17/h6-8H,2-5H2,1H3. The highest BCUT2D eigenvalue weighted by Crippen LogP contribution is 2.24. The molecule has 18 heavy (non-hydrogen) atoms. The zero-order valence-corrected chi connectivity index (χ0v) is 10.8. The van der Waals surface area contributed by atoms with Crippen LogP contribution in [-0.2, 0) is 16.0 Å². The van der Waals surface area contributed by atoms with Gasteiger partial charge in [0.2, 0.25) is 0 Å². The molecule has 0 amide bonds. The molecule has 0 saturated carbocycles. The molecule has 0 aliphatic heterocycles. The predicted octanol–water partition coefficient (Wildman–Crippen LogP) is 3.13. The Morgan fingerprint density at radius 1 is 1.50 bits per heavy atom. The molecule has 6 heteroatoms. The zero-order chi connectivity index (χ0) is 13.5. The van der Waals surface area contributed by atoms with E-state index in [1.54, 1.807) is 13.0 Å². The SMILES string of the molecule is CCOC(=O)CCCc1cc(Cl)ccc1[N+](=O)[O-]. The first-order valence-electron chi connectivity index (χ1n) is 5.63. The van der Waals surface area contributed by atoms with Crippen molar-refractivity contribution in [1.82, 2.24) is 0 Å². The zero-order valence-electron chi connectivity index (χ0n) is 10.0. The van der Waals surface area contributed by atoms with Crippen LogP contribution in [0.3, 0.4) is 0 Å². The van der Waals surface area contributed by atoms with Crippen LogP contribution in [0.25, 0.3) is 0 Å². The maximum atomic E-state index is 11.1. The fourth-order valence-corrected chi connectivity index (χ4v) is 1.78. The lowest BCUT2D eigenvalue weighted by atomic mass is 10.1. The summed E-state index contributed by atoms with van der Waals surface area (Å²) in [6, 6.07) is 4.42. The van der Waals surface area contributed by atoms with E-state index < -0.39 is 4.92 Å². The van der Waals surface area contributed by atoms with Gasteiger partial charge in [0.05, 0.1) is 11.5 Å². The normalized spacial score (nSPS) is 10.1. The fraction of sp³-hybridized carbons (Fsp3) is 0.417. The van der Waals surface area contributed by atoms with Crippen molar-refractivity contribution >= 4 is 23.3 Å². The number of hydrogen-bond donors (Lipinski definition) is 0. The van der Waals surface area contributed by atoms with Crippen LogP contribution in [0.5, 0.6) is 0 Å². The third-order valence-corrected chi connectivity index (χ3v) is 2.61. The van der Waals surface area contributed by atoms with Crippen LogP contribution in [0.4, 0.5) is 5.69 Å². The lowest BCUT2D eigenvalue weighted by Gasteiger charge is -2.04. The summed E-state index contributed by atoms with van der Waals surface area (Å²) >= 11 is 5.80. The van der Waals surface area contributed by atoms with Gasteiger partial charge in [-0.3, -0.25) is 14.9 Å². The molecule has 1 aromatic rings. The molecular weight excluding hydrogens is 258 g/mol. The molecule has 1 aromatic carbocycles. The number of carbonyl (C=O) groups is 1. The van der Waals surface area contributed by atoms with Gasteiger partial charge >= 0.3 is 5.97 Å². The monoisotopic (exact) mass is 271 g/mol. The molecule has 0 spiro atoms. The summed E-state index contributed by atoms with van der Waals surface area (Å²) in [4.78, 5) is 21.5. The Kier molecular flexibility index (Phi) is 5.58. The first-order chi connectivity index (χ1) is 8.54. The first-order valence-corrected chi connectivity index (χ1v) is 6.00. The number of nitrogens with zero attached hydrogens (tertiary/aromatic N) is 1. The highest BCUT2D eigenvalue weighted by Gasteiger charge is 2.14. The van der Waals surface area contributed by atoms with E-state index >= 15 is 0 Å². The van der Waals surface area contributed by atoms with Crippen molar-refractivity contribution in [3.63, 3.8) is 0 Å². The minimum absolute atomic E-state index is 0.0308. The lowest BCUT2D eigenvalue weighted by Crippen LogP contribution is -2.04. The molecule has 0 bridgehead atoms. The average Bonchev–Trinajstić information content (AvgIpc) is 2.29. The second-order valence-electron chi connectivity index (χ2n) is 3.69. The van der Waals surface area contributed by atoms with E-state index in [-0.39, 0.29) is 18.1 Å². The van der Waals surface area contributed by atoms with Crippen molar-refractivity contribution in [2.24, 2.45) is 0 Å². The largest absolute Gasteiger partial charge is 0.466 e.